The predicted octanol–water partition coefficient (Wildman–Crippen LogP) is 3.38. The van der Waals surface area contributed by atoms with Gasteiger partial charge in [0, 0.05) is 18.3 Å². The van der Waals surface area contributed by atoms with Gasteiger partial charge in [-0.25, -0.2) is 9.79 Å². The van der Waals surface area contributed by atoms with Crippen LogP contribution >= 0.6 is 0 Å². The van der Waals surface area contributed by atoms with Crippen LogP contribution in [0.15, 0.2) is 29.8 Å². The molecular formula is C17H20N2O2. The van der Waals surface area contributed by atoms with E-state index < -0.39 is 5.54 Å². The number of nitrogens with one attached hydrogen (secondary N) is 1. The van der Waals surface area contributed by atoms with Crippen molar-refractivity contribution < 1.29 is 9.53 Å². The maximum atomic E-state index is 12.2. The SMILES string of the molecule is C=Cc1cc(C2=NC3(CCCCC3)C(=O)O2)ccc1NC. The quantitative estimate of drug-likeness (QED) is 0.866. The van der Waals surface area contributed by atoms with Gasteiger partial charge in [0.05, 0.1) is 0 Å². The number of ether oxygens (including phenoxy) is 1. The Kier molecular flexibility index (Phi) is 3.53. The van der Waals surface area contributed by atoms with Gasteiger partial charge < -0.3 is 10.1 Å². The average molecular weight is 284 g/mol. The Morgan fingerprint density at radius 2 is 2.10 bits per heavy atom. The Labute approximate surface area is 124 Å². The van der Waals surface area contributed by atoms with E-state index in [9.17, 15) is 4.79 Å². The highest BCUT2D eigenvalue weighted by molar-refractivity contribution is 6.08. The van der Waals surface area contributed by atoms with E-state index in [0.29, 0.717) is 5.90 Å². The second-order valence-corrected chi connectivity index (χ2v) is 5.65. The van der Waals surface area contributed by atoms with Crippen molar-refractivity contribution in [2.24, 2.45) is 4.99 Å². The van der Waals surface area contributed by atoms with E-state index in [1.165, 1.54) is 6.42 Å². The van der Waals surface area contributed by atoms with Crippen molar-refractivity contribution in [3.05, 3.63) is 35.9 Å². The monoisotopic (exact) mass is 284 g/mol. The minimum atomic E-state index is -0.621. The van der Waals surface area contributed by atoms with Gasteiger partial charge in [0.2, 0.25) is 5.90 Å². The van der Waals surface area contributed by atoms with Crippen molar-refractivity contribution in [1.82, 2.24) is 0 Å². The highest BCUT2D eigenvalue weighted by atomic mass is 16.6. The second-order valence-electron chi connectivity index (χ2n) is 5.65. The van der Waals surface area contributed by atoms with Gasteiger partial charge >= 0.3 is 5.97 Å². The van der Waals surface area contributed by atoms with E-state index in [1.54, 1.807) is 6.08 Å². The molecule has 3 rings (SSSR count). The fraction of sp³-hybridized carbons (Fsp3) is 0.412. The maximum Gasteiger partial charge on any atom is 0.340 e. The molecular weight excluding hydrogens is 264 g/mol. The van der Waals surface area contributed by atoms with Gasteiger partial charge in [-0.15, -0.1) is 0 Å². The molecule has 21 heavy (non-hydrogen) atoms. The highest BCUT2D eigenvalue weighted by Gasteiger charge is 2.46. The van der Waals surface area contributed by atoms with Crippen molar-refractivity contribution in [3.8, 4) is 0 Å². The molecule has 0 saturated heterocycles. The summed E-state index contributed by atoms with van der Waals surface area (Å²) >= 11 is 0. The number of carbonyl (C=O) groups excluding carboxylic acids is 1. The Bertz CT molecular complexity index is 613. The van der Waals surface area contributed by atoms with E-state index in [1.807, 2.05) is 25.2 Å². The molecule has 1 spiro atoms. The molecule has 4 nitrogen and oxygen atoms in total. The largest absolute Gasteiger partial charge is 0.405 e. The molecule has 0 aromatic heterocycles. The van der Waals surface area contributed by atoms with E-state index in [4.69, 9.17) is 4.74 Å². The lowest BCUT2D eigenvalue weighted by molar-refractivity contribution is -0.140. The van der Waals surface area contributed by atoms with E-state index in [-0.39, 0.29) is 5.97 Å². The normalized spacial score (nSPS) is 20.0. The van der Waals surface area contributed by atoms with Gasteiger partial charge in [0.25, 0.3) is 0 Å². The fourth-order valence-electron chi connectivity index (χ4n) is 3.11. The Morgan fingerprint density at radius 1 is 1.33 bits per heavy atom. The molecule has 1 saturated carbocycles. The molecule has 4 heteroatoms. The number of rotatable bonds is 3. The van der Waals surface area contributed by atoms with Crippen LogP contribution in [0.3, 0.4) is 0 Å². The molecule has 2 aliphatic rings. The number of anilines is 1. The van der Waals surface area contributed by atoms with E-state index in [0.717, 1.165) is 42.5 Å². The third kappa shape index (κ3) is 2.35. The Morgan fingerprint density at radius 3 is 2.76 bits per heavy atom. The van der Waals surface area contributed by atoms with Crippen molar-refractivity contribution in [2.45, 2.75) is 37.6 Å². The van der Waals surface area contributed by atoms with Crippen LogP contribution in [0, 0.1) is 0 Å². The maximum absolute atomic E-state index is 12.2. The molecule has 0 atom stereocenters. The van der Waals surface area contributed by atoms with Crippen LogP contribution < -0.4 is 5.32 Å². The molecule has 1 aliphatic heterocycles. The van der Waals surface area contributed by atoms with Crippen LogP contribution in [-0.4, -0.2) is 24.5 Å². The van der Waals surface area contributed by atoms with E-state index in [2.05, 4.69) is 16.9 Å². The number of carbonyl (C=O) groups is 1. The topological polar surface area (TPSA) is 50.7 Å². The molecule has 1 aromatic rings. The number of esters is 1. The summed E-state index contributed by atoms with van der Waals surface area (Å²) in [6, 6.07) is 5.83. The number of hydrogen-bond acceptors (Lipinski definition) is 4. The molecule has 110 valence electrons. The first-order valence-electron chi connectivity index (χ1n) is 7.45. The third-order valence-electron chi connectivity index (χ3n) is 4.35. The summed E-state index contributed by atoms with van der Waals surface area (Å²) in [7, 11) is 1.87. The Balaban J connectivity index is 1.96. The zero-order chi connectivity index (χ0) is 14.9. The lowest BCUT2D eigenvalue weighted by Gasteiger charge is -2.25. The van der Waals surface area contributed by atoms with Gasteiger partial charge in [0.15, 0.2) is 5.54 Å². The van der Waals surface area contributed by atoms with Gasteiger partial charge in [0.1, 0.15) is 0 Å². The van der Waals surface area contributed by atoms with Crippen LogP contribution in [0.25, 0.3) is 6.08 Å². The minimum Gasteiger partial charge on any atom is -0.405 e. The van der Waals surface area contributed by atoms with Crippen LogP contribution in [0.1, 0.15) is 43.2 Å². The summed E-state index contributed by atoms with van der Waals surface area (Å²) in [5, 5.41) is 3.11. The number of aliphatic imine (C=N–C) groups is 1. The molecule has 1 N–H and O–H groups in total. The summed E-state index contributed by atoms with van der Waals surface area (Å²) in [5.74, 6) is 0.266. The van der Waals surface area contributed by atoms with E-state index >= 15 is 0 Å². The van der Waals surface area contributed by atoms with Crippen molar-refractivity contribution >= 4 is 23.6 Å². The summed E-state index contributed by atoms with van der Waals surface area (Å²) in [6.07, 6.45) is 6.65. The van der Waals surface area contributed by atoms with Crippen LogP contribution in [0.4, 0.5) is 5.69 Å². The summed E-state index contributed by atoms with van der Waals surface area (Å²) in [4.78, 5) is 16.9. The predicted molar refractivity (Wildman–Crippen MR) is 84.5 cm³/mol. The van der Waals surface area contributed by atoms with Crippen molar-refractivity contribution in [2.75, 3.05) is 12.4 Å². The van der Waals surface area contributed by atoms with Gasteiger partial charge in [-0.1, -0.05) is 31.9 Å². The molecule has 0 amide bonds. The first-order chi connectivity index (χ1) is 10.2. The van der Waals surface area contributed by atoms with Crippen molar-refractivity contribution in [1.29, 1.82) is 0 Å². The summed E-state index contributed by atoms with van der Waals surface area (Å²) in [5.41, 5.74) is 2.17. The molecule has 0 radical (unpaired) electrons. The average Bonchev–Trinajstić information content (AvgIpc) is 2.84. The van der Waals surface area contributed by atoms with Crippen LogP contribution in [0.5, 0.6) is 0 Å². The lowest BCUT2D eigenvalue weighted by atomic mass is 9.83. The second kappa shape index (κ2) is 5.35. The van der Waals surface area contributed by atoms with Gasteiger partial charge in [-0.3, -0.25) is 0 Å². The minimum absolute atomic E-state index is 0.185. The number of nitrogens with zero attached hydrogens (tertiary/aromatic N) is 1. The standard InChI is InChI=1S/C17H20N2O2/c1-3-12-11-13(7-8-14(12)18-2)15-19-17(16(20)21-15)9-5-4-6-10-17/h3,7-8,11,18H,1,4-6,9-10H2,2H3. The molecule has 1 heterocycles. The molecule has 0 unspecified atom stereocenters. The summed E-state index contributed by atoms with van der Waals surface area (Å²) in [6.45, 7) is 3.82. The van der Waals surface area contributed by atoms with Crippen LogP contribution in [0.2, 0.25) is 0 Å². The highest BCUT2D eigenvalue weighted by Crippen LogP contribution is 2.37. The molecule has 1 aromatic carbocycles. The lowest BCUT2D eigenvalue weighted by Crippen LogP contribution is -2.35. The number of benzene rings is 1. The molecule has 1 fully saturated rings. The first kappa shape index (κ1) is 13.9. The smallest absolute Gasteiger partial charge is 0.340 e. The fourth-order valence-corrected chi connectivity index (χ4v) is 3.11. The Hall–Kier alpha value is -2.10. The molecule has 1 aliphatic carbocycles. The van der Waals surface area contributed by atoms with Gasteiger partial charge in [-0.05, 0) is 36.6 Å². The van der Waals surface area contributed by atoms with Gasteiger partial charge in [-0.2, -0.15) is 0 Å². The number of cyclic esters (lactones) is 1. The first-order valence-corrected chi connectivity index (χ1v) is 7.45. The third-order valence-corrected chi connectivity index (χ3v) is 4.35. The zero-order valence-electron chi connectivity index (χ0n) is 12.3. The van der Waals surface area contributed by atoms with Crippen molar-refractivity contribution in [3.63, 3.8) is 0 Å². The summed E-state index contributed by atoms with van der Waals surface area (Å²) < 4.78 is 5.47. The number of hydrogen-bond donors (Lipinski definition) is 1. The zero-order valence-corrected chi connectivity index (χ0v) is 12.3. The molecule has 0 bridgehead atoms. The van der Waals surface area contributed by atoms with Crippen LogP contribution in [-0.2, 0) is 9.53 Å².